The molecule has 0 saturated carbocycles. The molecule has 3 aromatic rings. The molecule has 3 heterocycles. The van der Waals surface area contributed by atoms with Gasteiger partial charge in [0.1, 0.15) is 11.9 Å². The first-order valence-corrected chi connectivity index (χ1v) is 12.0. The van der Waals surface area contributed by atoms with Gasteiger partial charge in [-0.2, -0.15) is 5.10 Å². The van der Waals surface area contributed by atoms with Crippen LogP contribution in [0.15, 0.2) is 31.0 Å². The average Bonchev–Trinajstić information content (AvgIpc) is 3.30. The molecule has 8 heteroatoms. The maximum Gasteiger partial charge on any atom is 0.240 e. The number of aromatic nitrogens is 4. The van der Waals surface area contributed by atoms with E-state index in [0.717, 1.165) is 34.5 Å². The number of ether oxygens (including phenoxy) is 2. The van der Waals surface area contributed by atoms with Crippen molar-refractivity contribution in [3.8, 4) is 22.9 Å². The Morgan fingerprint density at radius 2 is 1.91 bits per heavy atom. The van der Waals surface area contributed by atoms with Crippen molar-refractivity contribution in [2.24, 2.45) is 14.1 Å². The summed E-state index contributed by atoms with van der Waals surface area (Å²) >= 11 is 0. The van der Waals surface area contributed by atoms with Crippen LogP contribution in [0.5, 0.6) is 11.8 Å². The zero-order valence-electron chi connectivity index (χ0n) is 21.4. The molecular weight excluding hydrogens is 445 g/mol. The van der Waals surface area contributed by atoms with E-state index in [1.807, 2.05) is 57.8 Å². The molecule has 0 fully saturated rings. The van der Waals surface area contributed by atoms with Crippen LogP contribution in [0.3, 0.4) is 0 Å². The molecule has 1 atom stereocenters. The minimum absolute atomic E-state index is 0.157. The predicted octanol–water partition coefficient (Wildman–Crippen LogP) is 5.00. The third-order valence-corrected chi connectivity index (χ3v) is 6.39. The number of halogens is 1. The van der Waals surface area contributed by atoms with E-state index in [-0.39, 0.29) is 11.9 Å². The second kappa shape index (κ2) is 10.1. The fourth-order valence-electron chi connectivity index (χ4n) is 4.50. The molecule has 2 bridgehead atoms. The molecule has 0 N–H and O–H groups in total. The Morgan fingerprint density at radius 1 is 1.14 bits per heavy atom. The van der Waals surface area contributed by atoms with Crippen molar-refractivity contribution >= 4 is 11.6 Å². The Labute approximate surface area is 206 Å². The normalized spacial score (nSPS) is 17.7. The summed E-state index contributed by atoms with van der Waals surface area (Å²) in [5.74, 6) is 0.813. The van der Waals surface area contributed by atoms with Crippen molar-refractivity contribution in [2.75, 3.05) is 19.7 Å². The molecule has 0 amide bonds. The topological polar surface area (TPSA) is 57.3 Å². The summed E-state index contributed by atoms with van der Waals surface area (Å²) in [7, 11) is 3.74. The number of hydrogen-bond donors (Lipinski definition) is 0. The van der Waals surface area contributed by atoms with Gasteiger partial charge in [0, 0.05) is 32.7 Å². The van der Waals surface area contributed by atoms with E-state index in [1.165, 1.54) is 0 Å². The molecule has 1 unspecified atom stereocenters. The molecule has 186 valence electrons. The van der Waals surface area contributed by atoms with Crippen molar-refractivity contribution in [2.45, 2.75) is 40.3 Å². The SMILES string of the molecule is C=C1/C=C/c2c(OCC)nn(C)c2CN(CC)CC(C)Oc2c(cnn2C)-c2cc1c(C)cc2F. The van der Waals surface area contributed by atoms with Crippen LogP contribution in [0.1, 0.15) is 43.2 Å². The first-order valence-electron chi connectivity index (χ1n) is 12.0. The van der Waals surface area contributed by atoms with E-state index in [2.05, 4.69) is 28.6 Å². The summed E-state index contributed by atoms with van der Waals surface area (Å²) in [6.07, 6.45) is 5.45. The van der Waals surface area contributed by atoms with Crippen LogP contribution in [0.2, 0.25) is 0 Å². The van der Waals surface area contributed by atoms with Crippen LogP contribution in [0.4, 0.5) is 4.39 Å². The molecule has 0 radical (unpaired) electrons. The molecule has 0 saturated heterocycles. The lowest BCUT2D eigenvalue weighted by molar-refractivity contribution is 0.134. The number of fused-ring (bicyclic) bond motifs is 5. The quantitative estimate of drug-likeness (QED) is 0.529. The maximum atomic E-state index is 15.2. The minimum Gasteiger partial charge on any atom is -0.476 e. The standard InChI is InChI=1S/C27H34FN5O2/c1-8-33-15-19(5)35-27-23(14-29-32(27)7)22-13-21(18(4)12-24(22)28)17(3)10-11-20-25(16-33)31(6)30-26(20)34-9-2/h10-14,19H,3,8-9,15-16H2,1-2,4-7H3/b11-10+. The predicted molar refractivity (Wildman–Crippen MR) is 137 cm³/mol. The van der Waals surface area contributed by atoms with Gasteiger partial charge in [0.15, 0.2) is 0 Å². The highest BCUT2D eigenvalue weighted by molar-refractivity contribution is 5.83. The van der Waals surface area contributed by atoms with Crippen molar-refractivity contribution in [1.82, 2.24) is 24.5 Å². The van der Waals surface area contributed by atoms with Gasteiger partial charge in [-0.15, -0.1) is 5.10 Å². The zero-order valence-corrected chi connectivity index (χ0v) is 21.4. The Bertz CT molecular complexity index is 1270. The molecule has 0 spiro atoms. The highest BCUT2D eigenvalue weighted by Crippen LogP contribution is 2.36. The van der Waals surface area contributed by atoms with E-state index in [9.17, 15) is 0 Å². The highest BCUT2D eigenvalue weighted by Gasteiger charge is 2.23. The van der Waals surface area contributed by atoms with Crippen LogP contribution in [-0.2, 0) is 20.6 Å². The Morgan fingerprint density at radius 3 is 2.63 bits per heavy atom. The first-order chi connectivity index (χ1) is 16.7. The molecule has 2 aromatic heterocycles. The van der Waals surface area contributed by atoms with Gasteiger partial charge in [0.2, 0.25) is 11.8 Å². The number of aryl methyl sites for hydroxylation is 3. The van der Waals surface area contributed by atoms with Crippen LogP contribution < -0.4 is 9.47 Å². The fourth-order valence-corrected chi connectivity index (χ4v) is 4.50. The zero-order chi connectivity index (χ0) is 25.3. The van der Waals surface area contributed by atoms with Gasteiger partial charge in [-0.25, -0.2) is 9.07 Å². The second-order valence-electron chi connectivity index (χ2n) is 8.97. The van der Waals surface area contributed by atoms with Crippen molar-refractivity contribution in [1.29, 1.82) is 0 Å². The first kappa shape index (κ1) is 24.7. The number of rotatable bonds is 3. The third kappa shape index (κ3) is 4.89. The van der Waals surface area contributed by atoms with Gasteiger partial charge < -0.3 is 9.47 Å². The Hall–Kier alpha value is -3.39. The lowest BCUT2D eigenvalue weighted by Crippen LogP contribution is -2.34. The largest absolute Gasteiger partial charge is 0.476 e. The summed E-state index contributed by atoms with van der Waals surface area (Å²) in [4.78, 5) is 2.30. The van der Waals surface area contributed by atoms with Gasteiger partial charge in [-0.1, -0.05) is 19.6 Å². The van der Waals surface area contributed by atoms with Gasteiger partial charge in [0.25, 0.3) is 0 Å². The van der Waals surface area contributed by atoms with Crippen LogP contribution in [0.25, 0.3) is 22.8 Å². The van der Waals surface area contributed by atoms with E-state index < -0.39 is 0 Å². The minimum atomic E-state index is -0.318. The van der Waals surface area contributed by atoms with E-state index >= 15 is 4.39 Å². The molecule has 4 rings (SSSR count). The van der Waals surface area contributed by atoms with E-state index in [4.69, 9.17) is 9.47 Å². The highest BCUT2D eigenvalue weighted by atomic mass is 19.1. The van der Waals surface area contributed by atoms with Crippen LogP contribution >= 0.6 is 0 Å². The summed E-state index contributed by atoms with van der Waals surface area (Å²) in [5.41, 5.74) is 5.45. The smallest absolute Gasteiger partial charge is 0.240 e. The summed E-state index contributed by atoms with van der Waals surface area (Å²) < 4.78 is 30.9. The number of allylic oxidation sites excluding steroid dienone is 2. The average molecular weight is 480 g/mol. The number of benzene rings is 1. The molecule has 0 aliphatic carbocycles. The fraction of sp³-hybridized carbons (Fsp3) is 0.407. The van der Waals surface area contributed by atoms with Crippen molar-refractivity contribution < 1.29 is 13.9 Å². The van der Waals surface area contributed by atoms with Gasteiger partial charge in [0.05, 0.1) is 29.6 Å². The van der Waals surface area contributed by atoms with Crippen molar-refractivity contribution in [3.05, 3.63) is 59.2 Å². The molecular formula is C27H34FN5O2. The van der Waals surface area contributed by atoms with Gasteiger partial charge in [-0.3, -0.25) is 9.58 Å². The molecule has 1 aliphatic heterocycles. The Balaban J connectivity index is 1.90. The molecule has 35 heavy (non-hydrogen) atoms. The van der Waals surface area contributed by atoms with E-state index in [0.29, 0.717) is 42.6 Å². The summed E-state index contributed by atoms with van der Waals surface area (Å²) in [6.45, 7) is 15.0. The molecule has 7 nitrogen and oxygen atoms in total. The van der Waals surface area contributed by atoms with Crippen LogP contribution in [0, 0.1) is 12.7 Å². The summed E-state index contributed by atoms with van der Waals surface area (Å²) in [6, 6.07) is 3.37. The van der Waals surface area contributed by atoms with Crippen molar-refractivity contribution in [3.63, 3.8) is 0 Å². The van der Waals surface area contributed by atoms with Gasteiger partial charge >= 0.3 is 0 Å². The lowest BCUT2D eigenvalue weighted by atomic mass is 9.95. The summed E-state index contributed by atoms with van der Waals surface area (Å²) in [5, 5.41) is 8.98. The maximum absolute atomic E-state index is 15.2. The monoisotopic (exact) mass is 479 g/mol. The molecule has 1 aliphatic rings. The number of nitrogens with zero attached hydrogens (tertiary/aromatic N) is 5. The third-order valence-electron chi connectivity index (χ3n) is 6.39. The second-order valence-corrected chi connectivity index (χ2v) is 8.97. The number of likely N-dealkylation sites (N-methyl/N-ethyl adjacent to an activating group) is 1. The lowest BCUT2D eigenvalue weighted by Gasteiger charge is -2.25. The molecule has 1 aromatic carbocycles. The van der Waals surface area contributed by atoms with Crippen LogP contribution in [-0.4, -0.2) is 50.3 Å². The Kier molecular flexibility index (Phi) is 7.12. The number of hydrogen-bond acceptors (Lipinski definition) is 5. The van der Waals surface area contributed by atoms with Gasteiger partial charge in [-0.05, 0) is 62.2 Å². The van der Waals surface area contributed by atoms with E-state index in [1.54, 1.807) is 16.9 Å².